The second-order valence-electron chi connectivity index (χ2n) is 30.3. The summed E-state index contributed by atoms with van der Waals surface area (Å²) >= 11 is 0. The van der Waals surface area contributed by atoms with E-state index in [0.29, 0.717) is 32.5 Å². The fourth-order valence-corrected chi connectivity index (χ4v) is 13.6. The van der Waals surface area contributed by atoms with Crippen LogP contribution in [0.1, 0.15) is 323 Å². The molecule has 0 spiro atoms. The Bertz CT molecular complexity index is 2170. The molecule has 0 aromatic rings. The third kappa shape index (κ3) is 60.8. The lowest BCUT2D eigenvalue weighted by atomic mass is 9.83. The van der Waals surface area contributed by atoms with Gasteiger partial charge in [-0.15, -0.1) is 0 Å². The zero-order valence-electron chi connectivity index (χ0n) is 67.8. The van der Waals surface area contributed by atoms with Crippen LogP contribution in [0.3, 0.4) is 0 Å². The summed E-state index contributed by atoms with van der Waals surface area (Å²) in [5.74, 6) is -9.71. The zero-order valence-corrected chi connectivity index (χ0v) is 67.8. The molecule has 1 fully saturated rings. The van der Waals surface area contributed by atoms with Crippen molar-refractivity contribution in [1.29, 1.82) is 0 Å². The largest absolute Gasteiger partial charge is 0.480 e. The van der Waals surface area contributed by atoms with E-state index in [0.717, 1.165) is 93.3 Å². The molecule has 26 heteroatoms. The van der Waals surface area contributed by atoms with Crippen LogP contribution in [0, 0.1) is 17.3 Å². The molecule has 634 valence electrons. The highest BCUT2D eigenvalue weighted by Crippen LogP contribution is 2.31. The van der Waals surface area contributed by atoms with Crippen LogP contribution in [0.5, 0.6) is 0 Å². The predicted octanol–water partition coefficient (Wildman–Crippen LogP) is 15.1. The van der Waals surface area contributed by atoms with Gasteiger partial charge in [0.2, 0.25) is 0 Å². The normalized spacial score (nSPS) is 14.1. The van der Waals surface area contributed by atoms with Crippen molar-refractivity contribution in [3.8, 4) is 0 Å². The maximum absolute atomic E-state index is 14.7. The maximum Gasteiger partial charge on any atom is 0.322 e. The number of aliphatic carboxylic acids is 5. The second-order valence-corrected chi connectivity index (χ2v) is 30.3. The Hall–Kier alpha value is -5.54. The topological polar surface area (TPSA) is 355 Å². The SMILES string of the molecule is CCCCCCCCCCCCCCCC(=O)OCC(COC(=O)CCCCCCCCCCCCCCC)(COC(=O)CCCCCCCCCCCCCCC)C(=O)OCC1CCC(COCCOCCOCCOC(=O)CC(C(=O)O)N(CCN(CC(=O)O)CC(=O)O)CCN(CC(=O)O)CC(=O)O)CC1. The van der Waals surface area contributed by atoms with Crippen molar-refractivity contribution in [3.05, 3.63) is 0 Å². The Labute approximate surface area is 653 Å². The number of carboxylic acids is 5. The first-order valence-electron chi connectivity index (χ1n) is 42.6. The molecule has 5 N–H and O–H groups in total. The molecule has 0 aromatic heterocycles. The zero-order chi connectivity index (χ0) is 80.1. The number of unbranched alkanes of at least 4 members (excludes halogenated alkanes) is 36. The molecule has 26 nitrogen and oxygen atoms in total. The highest BCUT2D eigenvalue weighted by atomic mass is 16.6. The van der Waals surface area contributed by atoms with E-state index in [9.17, 15) is 73.5 Å². The molecule has 1 aliphatic rings. The molecule has 109 heavy (non-hydrogen) atoms. The van der Waals surface area contributed by atoms with Crippen LogP contribution >= 0.6 is 0 Å². The molecular formula is C83H149N3O23. The fourth-order valence-electron chi connectivity index (χ4n) is 13.6. The van der Waals surface area contributed by atoms with Crippen LogP contribution < -0.4 is 0 Å². The summed E-state index contributed by atoms with van der Waals surface area (Å²) in [7, 11) is 0. The van der Waals surface area contributed by atoms with Crippen LogP contribution in [-0.2, 0) is 85.8 Å². The average Bonchev–Trinajstić information content (AvgIpc) is 0.826. The fraction of sp³-hybridized carbons (Fsp3) is 0.880. The minimum atomic E-state index is -1.78. The smallest absolute Gasteiger partial charge is 0.322 e. The lowest BCUT2D eigenvalue weighted by molar-refractivity contribution is -0.181. The van der Waals surface area contributed by atoms with Gasteiger partial charge in [-0.1, -0.05) is 252 Å². The molecule has 0 amide bonds. The highest BCUT2D eigenvalue weighted by Gasteiger charge is 2.46. The Morgan fingerprint density at radius 1 is 0.321 bits per heavy atom. The first kappa shape index (κ1) is 101. The monoisotopic (exact) mass is 1560 g/mol. The number of hydrogen-bond donors (Lipinski definition) is 5. The lowest BCUT2D eigenvalue weighted by Crippen LogP contribution is -2.50. The van der Waals surface area contributed by atoms with Crippen molar-refractivity contribution in [2.24, 2.45) is 17.3 Å². The maximum atomic E-state index is 14.7. The summed E-state index contributed by atoms with van der Waals surface area (Å²) in [5.41, 5.74) is -1.78. The number of carboxylic acid groups (broad SMARTS) is 5. The minimum Gasteiger partial charge on any atom is -0.480 e. The number of carbonyl (C=O) groups is 10. The molecule has 0 heterocycles. The van der Waals surface area contributed by atoms with Gasteiger partial charge in [-0.2, -0.15) is 0 Å². The third-order valence-electron chi connectivity index (χ3n) is 20.3. The van der Waals surface area contributed by atoms with E-state index in [-0.39, 0.29) is 96.9 Å². The van der Waals surface area contributed by atoms with Crippen molar-refractivity contribution in [2.75, 3.05) is 125 Å². The van der Waals surface area contributed by atoms with Crippen LogP contribution in [0.15, 0.2) is 0 Å². The molecule has 1 saturated carbocycles. The second kappa shape index (κ2) is 70.3. The molecule has 0 bridgehead atoms. The molecule has 0 saturated heterocycles. The number of hydrogen-bond acceptors (Lipinski definition) is 21. The van der Waals surface area contributed by atoms with Crippen LogP contribution in [0.4, 0.5) is 0 Å². The molecule has 1 atom stereocenters. The van der Waals surface area contributed by atoms with Crippen LogP contribution in [-0.4, -0.2) is 231 Å². The van der Waals surface area contributed by atoms with Gasteiger partial charge in [0.15, 0.2) is 5.41 Å². The van der Waals surface area contributed by atoms with Gasteiger partial charge in [0.25, 0.3) is 0 Å². The van der Waals surface area contributed by atoms with E-state index in [1.165, 1.54) is 178 Å². The Morgan fingerprint density at radius 3 is 0.890 bits per heavy atom. The number of ether oxygens (including phenoxy) is 8. The third-order valence-corrected chi connectivity index (χ3v) is 20.3. The van der Waals surface area contributed by atoms with Crippen molar-refractivity contribution in [3.63, 3.8) is 0 Å². The number of esters is 5. The van der Waals surface area contributed by atoms with E-state index < -0.39 is 124 Å². The van der Waals surface area contributed by atoms with E-state index in [1.807, 2.05) is 0 Å². The Kier molecular flexibility index (Phi) is 65.5. The summed E-state index contributed by atoms with van der Waals surface area (Å²) in [6.45, 7) is 2.53. The summed E-state index contributed by atoms with van der Waals surface area (Å²) in [5, 5.41) is 47.4. The Balaban J connectivity index is 2.92. The van der Waals surface area contributed by atoms with Gasteiger partial charge < -0.3 is 63.4 Å². The van der Waals surface area contributed by atoms with Gasteiger partial charge in [0.1, 0.15) is 32.5 Å². The first-order valence-corrected chi connectivity index (χ1v) is 42.6. The molecule has 0 aromatic carbocycles. The first-order chi connectivity index (χ1) is 52.7. The van der Waals surface area contributed by atoms with Crippen molar-refractivity contribution < 1.29 is 111 Å². The number of nitrogens with zero attached hydrogens (tertiary/aromatic N) is 3. The van der Waals surface area contributed by atoms with Gasteiger partial charge in [0.05, 0.1) is 72.2 Å². The predicted molar refractivity (Wildman–Crippen MR) is 417 cm³/mol. The lowest BCUT2D eigenvalue weighted by Gasteiger charge is -2.32. The molecule has 1 aliphatic carbocycles. The molecule has 0 aliphatic heterocycles. The number of carbonyl (C=O) groups excluding carboxylic acids is 5. The summed E-state index contributed by atoms with van der Waals surface area (Å²) in [4.78, 5) is 130. The van der Waals surface area contributed by atoms with Gasteiger partial charge in [0, 0.05) is 52.0 Å². The van der Waals surface area contributed by atoms with Gasteiger partial charge in [-0.25, -0.2) is 0 Å². The summed E-state index contributed by atoms with van der Waals surface area (Å²) < 4.78 is 46.2. The summed E-state index contributed by atoms with van der Waals surface area (Å²) in [6, 6.07) is -1.60. The average molecular weight is 1560 g/mol. The van der Waals surface area contributed by atoms with Gasteiger partial charge in [-0.3, -0.25) is 62.6 Å². The van der Waals surface area contributed by atoms with Crippen LogP contribution in [0.2, 0.25) is 0 Å². The molecular weight excluding hydrogens is 1410 g/mol. The molecule has 1 rings (SSSR count). The van der Waals surface area contributed by atoms with E-state index in [4.69, 9.17) is 37.9 Å². The van der Waals surface area contributed by atoms with E-state index in [1.54, 1.807) is 0 Å². The van der Waals surface area contributed by atoms with Crippen molar-refractivity contribution in [1.82, 2.24) is 14.7 Å². The van der Waals surface area contributed by atoms with Gasteiger partial charge in [-0.05, 0) is 56.8 Å². The molecule has 1 unspecified atom stereocenters. The highest BCUT2D eigenvalue weighted by molar-refractivity contribution is 5.82. The van der Waals surface area contributed by atoms with Gasteiger partial charge >= 0.3 is 59.7 Å². The Morgan fingerprint density at radius 2 is 0.596 bits per heavy atom. The standard InChI is InChI=1S/C83H149N3O23/c1-4-7-10-13-16-19-22-25-28-31-34-37-40-43-77(95)107-67-83(68-108-78(96)44-41-38-35-32-29-26-23-20-17-14-11-8-5-2,69-109-79(97)45-42-39-36-33-30-27-24-21-18-15-12-9-6-3)82(101)106-66-71-48-46-70(47-49-71)65-104-57-56-102-54-55-103-58-59-105-80(98)60-72(81(99)100)86(52-50-84(61-73(87)88)62-74(89)90)53-51-85(63-75(91)92)64-76(93)94/h70-72H,4-69H2,1-3H3,(H,87,88)(H,89,90)(H,91,92)(H,93,94)(H,99,100). The quantitative estimate of drug-likeness (QED) is 0.0214. The molecule has 0 radical (unpaired) electrons. The van der Waals surface area contributed by atoms with Crippen molar-refractivity contribution >= 4 is 59.7 Å². The van der Waals surface area contributed by atoms with Crippen LogP contribution in [0.25, 0.3) is 0 Å². The summed E-state index contributed by atoms with van der Waals surface area (Å²) in [6.07, 6.45) is 48.3. The number of rotatable bonds is 80. The minimum absolute atomic E-state index is 0.0207. The van der Waals surface area contributed by atoms with E-state index >= 15 is 0 Å². The van der Waals surface area contributed by atoms with Crippen molar-refractivity contribution in [2.45, 2.75) is 329 Å². The van der Waals surface area contributed by atoms with E-state index in [2.05, 4.69) is 20.8 Å².